The summed E-state index contributed by atoms with van der Waals surface area (Å²) in [6.45, 7) is 1.21. The van der Waals surface area contributed by atoms with Gasteiger partial charge in [0.05, 0.1) is 0 Å². The van der Waals surface area contributed by atoms with Crippen molar-refractivity contribution in [2.45, 2.75) is 32.2 Å². The number of hydrogen-bond donors (Lipinski definition) is 0. The van der Waals surface area contributed by atoms with Gasteiger partial charge in [-0.3, -0.25) is 9.69 Å². The molecule has 2 aliphatic rings. The van der Waals surface area contributed by atoms with E-state index in [1.54, 1.807) is 6.07 Å². The summed E-state index contributed by atoms with van der Waals surface area (Å²) in [6.07, 6.45) is -14.8. The van der Waals surface area contributed by atoms with Crippen LogP contribution in [-0.2, 0) is 13.1 Å². The molecular formula is C30H25F9N2O4. The average Bonchev–Trinajstić information content (AvgIpc) is 3.35. The van der Waals surface area contributed by atoms with Crippen LogP contribution >= 0.6 is 0 Å². The highest BCUT2D eigenvalue weighted by molar-refractivity contribution is 5.94. The molecule has 2 unspecified atom stereocenters. The van der Waals surface area contributed by atoms with Crippen LogP contribution in [0.3, 0.4) is 0 Å². The molecule has 1 saturated carbocycles. The molecule has 1 saturated heterocycles. The van der Waals surface area contributed by atoms with Gasteiger partial charge in [0.15, 0.2) is 0 Å². The van der Waals surface area contributed by atoms with E-state index in [4.69, 9.17) is 0 Å². The average molecular weight is 649 g/mol. The SMILES string of the molecule is O=C(c1cccc(OC(F)(F)F)c1)N(Cc1cccc(OC(F)(F)F)c1)CC1C2CN(Cc3ccccc3OC(F)(F)F)CC21. The van der Waals surface area contributed by atoms with Crippen molar-refractivity contribution in [1.82, 2.24) is 9.80 Å². The highest BCUT2D eigenvalue weighted by Crippen LogP contribution is 2.52. The van der Waals surface area contributed by atoms with Crippen molar-refractivity contribution in [2.75, 3.05) is 19.6 Å². The van der Waals surface area contributed by atoms with E-state index < -0.39 is 36.5 Å². The van der Waals surface area contributed by atoms with Crippen LogP contribution in [0.5, 0.6) is 17.2 Å². The molecule has 3 aromatic rings. The number of benzene rings is 3. The summed E-state index contributed by atoms with van der Waals surface area (Å²) >= 11 is 0. The number of carbonyl (C=O) groups is 1. The van der Waals surface area contributed by atoms with Gasteiger partial charge < -0.3 is 19.1 Å². The van der Waals surface area contributed by atoms with E-state index in [9.17, 15) is 44.3 Å². The van der Waals surface area contributed by atoms with Crippen LogP contribution in [0.2, 0.25) is 0 Å². The quantitative estimate of drug-likeness (QED) is 0.215. The molecule has 242 valence electrons. The van der Waals surface area contributed by atoms with Gasteiger partial charge in [0, 0.05) is 43.9 Å². The van der Waals surface area contributed by atoms with E-state index >= 15 is 0 Å². The first kappa shape index (κ1) is 32.3. The number of amides is 1. The molecule has 45 heavy (non-hydrogen) atoms. The number of rotatable bonds is 10. The molecule has 1 aliphatic heterocycles. The van der Waals surface area contributed by atoms with Crippen LogP contribution in [-0.4, -0.2) is 54.4 Å². The number of fused-ring (bicyclic) bond motifs is 1. The lowest BCUT2D eigenvalue weighted by Crippen LogP contribution is -2.35. The summed E-state index contributed by atoms with van der Waals surface area (Å²) in [5.41, 5.74) is 0.529. The van der Waals surface area contributed by atoms with Gasteiger partial charge >= 0.3 is 19.1 Å². The van der Waals surface area contributed by atoms with Crippen LogP contribution in [0.15, 0.2) is 72.8 Å². The maximum absolute atomic E-state index is 13.6. The zero-order chi connectivity index (χ0) is 32.6. The summed E-state index contributed by atoms with van der Waals surface area (Å²) in [5.74, 6) is -1.95. The lowest BCUT2D eigenvalue weighted by molar-refractivity contribution is -0.275. The molecule has 1 amide bonds. The van der Waals surface area contributed by atoms with Crippen molar-refractivity contribution in [2.24, 2.45) is 17.8 Å². The van der Waals surface area contributed by atoms with E-state index in [-0.39, 0.29) is 48.7 Å². The number of nitrogens with zero attached hydrogens (tertiary/aromatic N) is 2. The summed E-state index contributed by atoms with van der Waals surface area (Å²) in [5, 5.41) is 0. The Morgan fingerprint density at radius 2 is 1.31 bits per heavy atom. The highest BCUT2D eigenvalue weighted by atomic mass is 19.4. The minimum atomic E-state index is -4.99. The largest absolute Gasteiger partial charge is 0.573 e. The molecule has 2 fully saturated rings. The minimum absolute atomic E-state index is 0.0453. The monoisotopic (exact) mass is 648 g/mol. The summed E-state index contributed by atoms with van der Waals surface area (Å²) < 4.78 is 127. The molecule has 2 atom stereocenters. The third kappa shape index (κ3) is 8.96. The standard InChI is InChI=1S/C30H25F9N2O4/c31-28(32,33)43-21-8-3-5-18(11-21)13-41(27(42)19-7-4-9-22(12-19)44-29(34,35)36)17-25-23-15-40(16-24(23)25)14-20-6-1-2-10-26(20)45-30(37,38)39/h1-12,23-25H,13-17H2. The van der Waals surface area contributed by atoms with E-state index in [1.165, 1.54) is 47.4 Å². The van der Waals surface area contributed by atoms with Crippen LogP contribution in [0.1, 0.15) is 21.5 Å². The smallest absolute Gasteiger partial charge is 0.406 e. The first-order valence-electron chi connectivity index (χ1n) is 13.6. The molecule has 1 heterocycles. The Hall–Kier alpha value is -4.14. The van der Waals surface area contributed by atoms with Crippen LogP contribution in [0.4, 0.5) is 39.5 Å². The first-order chi connectivity index (χ1) is 21.0. The van der Waals surface area contributed by atoms with Crippen molar-refractivity contribution < 1.29 is 58.5 Å². The lowest BCUT2D eigenvalue weighted by atomic mass is 10.1. The van der Waals surface area contributed by atoms with E-state index in [0.29, 0.717) is 24.2 Å². The number of halogens is 9. The molecule has 6 nitrogen and oxygen atoms in total. The predicted molar refractivity (Wildman–Crippen MR) is 140 cm³/mol. The number of hydrogen-bond acceptors (Lipinski definition) is 5. The minimum Gasteiger partial charge on any atom is -0.406 e. The number of ether oxygens (including phenoxy) is 3. The van der Waals surface area contributed by atoms with E-state index in [1.807, 2.05) is 4.90 Å². The Bertz CT molecular complexity index is 1500. The molecule has 5 rings (SSSR count). The normalized spacial score (nSPS) is 20.0. The lowest BCUT2D eigenvalue weighted by Gasteiger charge is -2.26. The van der Waals surface area contributed by atoms with Crippen molar-refractivity contribution in [3.63, 3.8) is 0 Å². The second-order valence-corrected chi connectivity index (χ2v) is 10.8. The maximum Gasteiger partial charge on any atom is 0.573 e. The zero-order valence-corrected chi connectivity index (χ0v) is 23.1. The van der Waals surface area contributed by atoms with Crippen molar-refractivity contribution in [1.29, 1.82) is 0 Å². The van der Waals surface area contributed by atoms with Gasteiger partial charge in [0.1, 0.15) is 17.2 Å². The zero-order valence-electron chi connectivity index (χ0n) is 23.1. The Balaban J connectivity index is 1.29. The second kappa shape index (κ2) is 12.3. The maximum atomic E-state index is 13.6. The molecule has 0 aromatic heterocycles. The summed E-state index contributed by atoms with van der Waals surface area (Å²) in [6, 6.07) is 15.3. The molecular weight excluding hydrogens is 623 g/mol. The highest BCUT2D eigenvalue weighted by Gasteiger charge is 2.56. The van der Waals surface area contributed by atoms with Gasteiger partial charge in [-0.1, -0.05) is 36.4 Å². The number of para-hydroxylation sites is 1. The van der Waals surface area contributed by atoms with Gasteiger partial charge in [-0.25, -0.2) is 0 Å². The first-order valence-corrected chi connectivity index (χ1v) is 13.6. The number of carbonyl (C=O) groups excluding carboxylic acids is 1. The Kier molecular flexibility index (Phi) is 8.84. The van der Waals surface area contributed by atoms with Crippen LogP contribution in [0.25, 0.3) is 0 Å². The predicted octanol–water partition coefficient (Wildman–Crippen LogP) is 7.40. The summed E-state index contributed by atoms with van der Waals surface area (Å²) in [4.78, 5) is 16.9. The Labute approximate surface area is 250 Å². The third-order valence-electron chi connectivity index (χ3n) is 7.58. The van der Waals surface area contributed by atoms with Crippen molar-refractivity contribution in [3.8, 4) is 17.2 Å². The van der Waals surface area contributed by atoms with Crippen LogP contribution in [0, 0.1) is 17.8 Å². The summed E-state index contributed by atoms with van der Waals surface area (Å²) in [7, 11) is 0. The molecule has 0 spiro atoms. The van der Waals surface area contributed by atoms with Gasteiger partial charge in [0.2, 0.25) is 0 Å². The number of piperidine rings is 1. The molecule has 0 radical (unpaired) electrons. The second-order valence-electron chi connectivity index (χ2n) is 10.8. The molecule has 0 N–H and O–H groups in total. The molecule has 3 aromatic carbocycles. The Morgan fingerprint density at radius 1 is 0.733 bits per heavy atom. The Morgan fingerprint density at radius 3 is 1.93 bits per heavy atom. The fourth-order valence-electron chi connectivity index (χ4n) is 5.78. The van der Waals surface area contributed by atoms with Gasteiger partial charge in [-0.2, -0.15) is 0 Å². The molecule has 15 heteroatoms. The fraction of sp³-hybridized carbons (Fsp3) is 0.367. The fourth-order valence-corrected chi connectivity index (χ4v) is 5.78. The van der Waals surface area contributed by atoms with Gasteiger partial charge in [0.25, 0.3) is 5.91 Å². The van der Waals surface area contributed by atoms with E-state index in [0.717, 1.165) is 24.3 Å². The molecule has 1 aliphatic carbocycles. The topological polar surface area (TPSA) is 51.2 Å². The number of likely N-dealkylation sites (tertiary alicyclic amines) is 1. The van der Waals surface area contributed by atoms with Crippen molar-refractivity contribution in [3.05, 3.63) is 89.5 Å². The van der Waals surface area contributed by atoms with Gasteiger partial charge in [-0.05, 0) is 59.7 Å². The number of alkyl halides is 9. The van der Waals surface area contributed by atoms with E-state index in [2.05, 4.69) is 14.2 Å². The van der Waals surface area contributed by atoms with Gasteiger partial charge in [-0.15, -0.1) is 39.5 Å². The van der Waals surface area contributed by atoms with Crippen LogP contribution < -0.4 is 14.2 Å². The third-order valence-corrected chi connectivity index (χ3v) is 7.58. The molecule has 0 bridgehead atoms. The van der Waals surface area contributed by atoms with Crippen molar-refractivity contribution >= 4 is 5.91 Å².